The molecule has 1 fully saturated rings. The number of unbranched alkanes of at least 4 members (excludes halogenated alkanes) is 4. The van der Waals surface area contributed by atoms with Crippen LogP contribution in [0.2, 0.25) is 54.0 Å². The van der Waals surface area contributed by atoms with Crippen LogP contribution in [-0.4, -0.2) is 25.4 Å². The molecule has 0 bridgehead atoms. The molecule has 6 heteroatoms. The number of hydrogen-bond acceptors (Lipinski definition) is 0. The summed E-state index contributed by atoms with van der Waals surface area (Å²) in [5.41, 5.74) is 32.0. The van der Waals surface area contributed by atoms with Crippen molar-refractivity contribution in [2.24, 2.45) is 0 Å². The molecule has 4 atom stereocenters. The first kappa shape index (κ1) is 66.0. The van der Waals surface area contributed by atoms with Gasteiger partial charge in [-0.2, -0.15) is 0 Å². The predicted molar refractivity (Wildman–Crippen MR) is 414 cm³/mol. The Morgan fingerprint density at radius 1 is 0.304 bits per heavy atom. The van der Waals surface area contributed by atoms with E-state index in [-0.39, 0.29) is 0 Å². The summed E-state index contributed by atoms with van der Waals surface area (Å²) in [5.74, 6) is -3.43. The number of fused-ring (bicyclic) bond motifs is 4. The monoisotopic (exact) mass is 1610 g/mol. The van der Waals surface area contributed by atoms with Crippen molar-refractivity contribution in [3.8, 4) is 44.5 Å². The number of allylic oxidation sites excluding steroid dienone is 4. The fraction of sp³-hybridized carbons (Fsp3) is 0.349. The van der Waals surface area contributed by atoms with Gasteiger partial charge in [0.15, 0.2) is 0 Å². The first-order valence-corrected chi connectivity index (χ1v) is 91.8. The third-order valence-corrected chi connectivity index (χ3v) is 322. The van der Waals surface area contributed by atoms with Crippen molar-refractivity contribution in [3.05, 3.63) is 261 Å². The molecule has 92 heavy (non-hydrogen) atoms. The van der Waals surface area contributed by atoms with E-state index in [9.17, 15) is 0 Å². The summed E-state index contributed by atoms with van der Waals surface area (Å²) in [5, 5.41) is 0. The van der Waals surface area contributed by atoms with Crippen molar-refractivity contribution in [3.63, 3.8) is 0 Å². The van der Waals surface area contributed by atoms with Gasteiger partial charge in [-0.05, 0) is 0 Å². The van der Waals surface area contributed by atoms with Crippen LogP contribution in [0.3, 0.4) is 0 Å². The minimum atomic E-state index is -5.40. The van der Waals surface area contributed by atoms with Gasteiger partial charge in [-0.15, -0.1) is 0 Å². The molecule has 476 valence electrons. The van der Waals surface area contributed by atoms with Crippen molar-refractivity contribution in [2.75, 3.05) is 0 Å². The van der Waals surface area contributed by atoms with E-state index in [4.69, 9.17) is 0 Å². The van der Waals surface area contributed by atoms with Gasteiger partial charge in [0.25, 0.3) is 0 Å². The number of hydrogen-bond donors (Lipinski definition) is 0. The van der Waals surface area contributed by atoms with E-state index in [1.807, 2.05) is 0 Å². The number of rotatable bonds is 24. The molecule has 4 unspecified atom stereocenters. The fourth-order valence-corrected chi connectivity index (χ4v) is 360. The van der Waals surface area contributed by atoms with Crippen LogP contribution in [0.15, 0.2) is 216 Å². The summed E-state index contributed by atoms with van der Waals surface area (Å²) in [6.07, 6.45) is 22.1. The molecule has 0 amide bonds. The fourth-order valence-electron chi connectivity index (χ4n) is 26.2. The molecule has 0 N–H and O–H groups in total. The van der Waals surface area contributed by atoms with Crippen LogP contribution >= 0.6 is 0 Å². The molecule has 4 aliphatic carbocycles. The van der Waals surface area contributed by atoms with Crippen LogP contribution in [0, 0.1) is 0 Å². The van der Waals surface area contributed by atoms with E-state index in [1.54, 1.807) is 108 Å². The molecular weight excluding hydrogens is 1500 g/mol. The summed E-state index contributed by atoms with van der Waals surface area (Å²) in [4.78, 5) is 0. The molecule has 1 aliphatic heterocycles. The summed E-state index contributed by atoms with van der Waals surface area (Å²) >= 11 is -10.8. The van der Waals surface area contributed by atoms with Gasteiger partial charge in [-0.3, -0.25) is 0 Å². The van der Waals surface area contributed by atoms with Gasteiger partial charge < -0.3 is 0 Å². The Balaban J connectivity index is 1.12. The molecule has 13 rings (SSSR count). The van der Waals surface area contributed by atoms with Crippen LogP contribution in [0.25, 0.3) is 68.8 Å². The van der Waals surface area contributed by atoms with Gasteiger partial charge in [-0.1, -0.05) is 0 Å². The maximum atomic E-state index is 3.05. The third kappa shape index (κ3) is 9.31. The molecule has 1 saturated heterocycles. The SMILES string of the molecule is CCC[CH2][Hf]([CH2]CCC)([SiH2]C)([CH]1C(C)=Cc2c(-c3ccccc3)cccc21)([CH]1C(C)=Cc2c(-c3ccccc3)cccc21)[SiH]1CC[SiH]([Hf]([CH2]CCC)([CH2]CCC)([SiH2]C)([CH]2C(C)=Cc3c(-c4ccccc4)cccc32)[CH]2C(C)=Cc3c(-c4ccccc4)cccc32)CC1. The summed E-state index contributed by atoms with van der Waals surface area (Å²) in [6.45, 7) is 26.0. The predicted octanol–water partition coefficient (Wildman–Crippen LogP) is 24.3. The third-order valence-electron chi connectivity index (χ3n) is 29.1. The van der Waals surface area contributed by atoms with E-state index in [1.165, 1.54) is 95.9 Å². The zero-order valence-corrected chi connectivity index (χ0v) is 70.3. The Labute approximate surface area is 555 Å². The van der Waals surface area contributed by atoms with Crippen LogP contribution in [0.5, 0.6) is 0 Å². The zero-order valence-electron chi connectivity index (χ0n) is 58.0. The molecule has 8 aromatic carbocycles. The van der Waals surface area contributed by atoms with Crippen molar-refractivity contribution in [1.29, 1.82) is 0 Å². The van der Waals surface area contributed by atoms with Crippen LogP contribution < -0.4 is 0 Å². The molecule has 0 nitrogen and oxygen atoms in total. The summed E-state index contributed by atoms with van der Waals surface area (Å²) in [7, 11) is 0. The van der Waals surface area contributed by atoms with Gasteiger partial charge >= 0.3 is 561 Å². The van der Waals surface area contributed by atoms with E-state index in [2.05, 4.69) is 287 Å². The minimum absolute atomic E-state index is 0.580. The average Bonchev–Trinajstić information content (AvgIpc) is 1.18. The molecule has 0 radical (unpaired) electrons. The van der Waals surface area contributed by atoms with Gasteiger partial charge in [-0.25, -0.2) is 0 Å². The Morgan fingerprint density at radius 2 is 0.522 bits per heavy atom. The van der Waals surface area contributed by atoms with Crippen molar-refractivity contribution < 1.29 is 30.7 Å². The normalized spacial score (nSPS) is 21.8. The Bertz CT molecular complexity index is 3690. The molecule has 0 saturated carbocycles. The Kier molecular flexibility index (Phi) is 18.2. The quantitative estimate of drug-likeness (QED) is 0.0529. The average molecular weight is 1610 g/mol. The molecule has 1 heterocycles. The first-order chi connectivity index (χ1) is 44.8. The molecule has 8 aromatic rings. The van der Waals surface area contributed by atoms with E-state index in [0.717, 1.165) is 0 Å². The summed E-state index contributed by atoms with van der Waals surface area (Å²) < 4.78 is 8.60. The van der Waals surface area contributed by atoms with E-state index in [0.29, 0.717) is 14.7 Å². The second kappa shape index (κ2) is 25.4. The molecule has 5 aliphatic rings. The van der Waals surface area contributed by atoms with E-state index >= 15 is 0 Å². The molecule has 0 aromatic heterocycles. The summed E-state index contributed by atoms with van der Waals surface area (Å²) in [6, 6.07) is 84.1. The maximum absolute atomic E-state index is 5.40. The first-order valence-electron chi connectivity index (χ1n) is 37.0. The standard InChI is InChI=1S/4C16H13.C4H10Si2.4C4H9.2CH5Si.2Hf/c4*1-12-10-14-8-5-9-15(16(14)11-12)13-6-3-2-4-7-13;1-2-6-4-3-5-1;4*1-3-4-2;2*1-2;;/h4*2-11H,1H3;5-6H,1-4H2;4*1,3-4H2,2H3;2*2H2,1H3;;. The Morgan fingerprint density at radius 3 is 0.717 bits per heavy atom. The second-order valence-corrected chi connectivity index (χ2v) is 212. The molecular formula is C86H108Hf2Si4. The van der Waals surface area contributed by atoms with Crippen molar-refractivity contribution >= 4 is 49.7 Å². The van der Waals surface area contributed by atoms with Gasteiger partial charge in [0.05, 0.1) is 0 Å². The van der Waals surface area contributed by atoms with Crippen LogP contribution in [0.1, 0.15) is 166 Å². The van der Waals surface area contributed by atoms with Crippen LogP contribution in [-0.2, 0) is 30.7 Å². The van der Waals surface area contributed by atoms with Crippen molar-refractivity contribution in [2.45, 2.75) is 175 Å². The Hall–Kier alpha value is -4.67. The second-order valence-electron chi connectivity index (χ2n) is 31.8. The topological polar surface area (TPSA) is 0 Å². The van der Waals surface area contributed by atoms with E-state index < -0.39 is 56.1 Å². The number of benzene rings is 8. The van der Waals surface area contributed by atoms with Gasteiger partial charge in [0.1, 0.15) is 0 Å². The van der Waals surface area contributed by atoms with Gasteiger partial charge in [0.2, 0.25) is 0 Å². The van der Waals surface area contributed by atoms with Gasteiger partial charge in [0, 0.05) is 0 Å². The molecule has 0 spiro atoms. The van der Waals surface area contributed by atoms with Crippen LogP contribution in [0.4, 0.5) is 0 Å². The zero-order chi connectivity index (χ0) is 64.0. The van der Waals surface area contributed by atoms with Crippen molar-refractivity contribution in [1.82, 2.24) is 0 Å².